The summed E-state index contributed by atoms with van der Waals surface area (Å²) in [5, 5.41) is 7.86. The highest BCUT2D eigenvalue weighted by atomic mass is 32.2. The van der Waals surface area contributed by atoms with Crippen LogP contribution in [0.2, 0.25) is 0 Å². The molecule has 1 fully saturated rings. The maximum atomic E-state index is 13.1. The molecule has 0 aliphatic carbocycles. The molecule has 7 nitrogen and oxygen atoms in total. The largest absolute Gasteiger partial charge is 0.453 e. The minimum absolute atomic E-state index is 0.0890. The number of likely N-dealkylation sites (tertiary alicyclic amines) is 1. The average Bonchev–Trinajstić information content (AvgIpc) is 3.65. The molecular weight excluding hydrogens is 604 g/mol. The van der Waals surface area contributed by atoms with Crippen molar-refractivity contribution in [2.75, 3.05) is 18.4 Å². The van der Waals surface area contributed by atoms with Crippen LogP contribution in [0.1, 0.15) is 36.9 Å². The number of halogens is 3. The molecule has 0 spiro atoms. The van der Waals surface area contributed by atoms with Crippen LogP contribution < -0.4 is 10.1 Å². The topological polar surface area (TPSA) is 80.2 Å². The van der Waals surface area contributed by atoms with Crippen LogP contribution in [0.25, 0.3) is 10.2 Å². The average molecular weight is 628 g/mol. The van der Waals surface area contributed by atoms with E-state index in [1.54, 1.807) is 30.7 Å². The number of hydrogen-bond donors (Lipinski definition) is 1. The molecule has 1 aromatic carbocycles. The first-order chi connectivity index (χ1) is 20.2. The number of carbonyl (C=O) groups excluding carboxylic acids is 1. The summed E-state index contributed by atoms with van der Waals surface area (Å²) in [5.74, 6) is 1.34. The van der Waals surface area contributed by atoms with E-state index in [4.69, 9.17) is 9.72 Å². The molecule has 4 aromatic heterocycles. The van der Waals surface area contributed by atoms with Gasteiger partial charge in [-0.15, -0.1) is 22.7 Å². The lowest BCUT2D eigenvalue weighted by molar-refractivity contribution is -0.137. The van der Waals surface area contributed by atoms with Gasteiger partial charge in [0, 0.05) is 59.6 Å². The molecule has 1 amide bonds. The van der Waals surface area contributed by atoms with Gasteiger partial charge in [0.1, 0.15) is 5.75 Å². The highest BCUT2D eigenvalue weighted by Crippen LogP contribution is 2.40. The van der Waals surface area contributed by atoms with Gasteiger partial charge in [0.2, 0.25) is 5.91 Å². The second-order valence-electron chi connectivity index (χ2n) is 9.67. The van der Waals surface area contributed by atoms with Crippen molar-refractivity contribution in [3.63, 3.8) is 0 Å². The van der Waals surface area contributed by atoms with Crippen molar-refractivity contribution in [1.82, 2.24) is 19.9 Å². The van der Waals surface area contributed by atoms with Crippen LogP contribution in [-0.2, 0) is 11.0 Å². The lowest BCUT2D eigenvalue weighted by atomic mass is 9.94. The number of thiazole rings is 1. The van der Waals surface area contributed by atoms with E-state index in [-0.39, 0.29) is 17.6 Å². The smallest absolute Gasteiger partial charge is 0.416 e. The molecule has 1 aliphatic heterocycles. The number of nitrogens with zero attached hydrogens (tertiary/aromatic N) is 4. The summed E-state index contributed by atoms with van der Waals surface area (Å²) in [4.78, 5) is 29.1. The van der Waals surface area contributed by atoms with E-state index in [0.29, 0.717) is 29.8 Å². The monoisotopic (exact) mass is 627 g/mol. The molecule has 0 bridgehead atoms. The molecule has 1 aliphatic rings. The number of carbonyl (C=O) groups is 1. The van der Waals surface area contributed by atoms with E-state index >= 15 is 0 Å². The number of ether oxygens (including phenoxy) is 1. The number of alkyl halides is 3. The summed E-state index contributed by atoms with van der Waals surface area (Å²) in [6, 6.07) is 10.3. The van der Waals surface area contributed by atoms with Crippen molar-refractivity contribution < 1.29 is 22.7 Å². The summed E-state index contributed by atoms with van der Waals surface area (Å²) in [6.45, 7) is 3.01. The summed E-state index contributed by atoms with van der Waals surface area (Å²) in [6.07, 6.45) is 0.735. The Morgan fingerprint density at radius 2 is 1.88 bits per heavy atom. The van der Waals surface area contributed by atoms with Crippen LogP contribution in [0.15, 0.2) is 75.4 Å². The predicted molar refractivity (Wildman–Crippen MR) is 159 cm³/mol. The number of anilines is 2. The third-order valence-corrected chi connectivity index (χ3v) is 9.74. The molecule has 0 unspecified atom stereocenters. The van der Waals surface area contributed by atoms with Crippen LogP contribution >= 0.6 is 34.4 Å². The van der Waals surface area contributed by atoms with Gasteiger partial charge in [-0.2, -0.15) is 13.2 Å². The molecule has 42 heavy (non-hydrogen) atoms. The van der Waals surface area contributed by atoms with Crippen LogP contribution in [0.3, 0.4) is 0 Å². The number of aromatic nitrogens is 3. The Kier molecular flexibility index (Phi) is 8.06. The Morgan fingerprint density at radius 1 is 1.10 bits per heavy atom. The second-order valence-corrected chi connectivity index (χ2v) is 12.6. The number of amides is 1. The molecule has 13 heteroatoms. The summed E-state index contributed by atoms with van der Waals surface area (Å²) >= 11 is 4.54. The number of pyridine rings is 2. The van der Waals surface area contributed by atoms with E-state index in [1.807, 2.05) is 33.9 Å². The standard InChI is InChI=1S/C29H24F3N5O2S3/c1-17(38)37-11-7-18(8-12-37)23-16-41-28(35-23)36-27-24(39-20-4-2-19(3-5-20)29(30,31)32)14-21(15-34-27)42-25-6-10-33-22-9-13-40-26(22)25/h2-6,9-10,13-16,18H,7-8,11-12H2,1H3,(H,34,35,36). The molecular formula is C29H24F3N5O2S3. The Hall–Kier alpha value is -3.68. The predicted octanol–water partition coefficient (Wildman–Crippen LogP) is 8.58. The molecule has 0 radical (unpaired) electrons. The molecule has 0 saturated carbocycles. The Labute approximate surface area is 251 Å². The van der Waals surface area contributed by atoms with Crippen molar-refractivity contribution in [1.29, 1.82) is 0 Å². The molecule has 1 saturated heterocycles. The number of thiophene rings is 1. The highest BCUT2D eigenvalue weighted by molar-refractivity contribution is 7.99. The molecule has 5 heterocycles. The van der Waals surface area contributed by atoms with Gasteiger partial charge in [-0.3, -0.25) is 9.78 Å². The van der Waals surface area contributed by atoms with Gasteiger partial charge >= 0.3 is 6.18 Å². The van der Waals surface area contributed by atoms with Crippen LogP contribution in [-0.4, -0.2) is 38.8 Å². The zero-order valence-electron chi connectivity index (χ0n) is 22.2. The zero-order valence-corrected chi connectivity index (χ0v) is 24.7. The molecule has 1 N–H and O–H groups in total. The minimum Gasteiger partial charge on any atom is -0.453 e. The van der Waals surface area contributed by atoms with Gasteiger partial charge in [0.25, 0.3) is 0 Å². The third-order valence-electron chi connectivity index (χ3n) is 6.88. The first-order valence-electron chi connectivity index (χ1n) is 13.1. The van der Waals surface area contributed by atoms with Crippen molar-refractivity contribution in [3.05, 3.63) is 76.9 Å². The van der Waals surface area contributed by atoms with E-state index in [2.05, 4.69) is 15.3 Å². The van der Waals surface area contributed by atoms with Crippen molar-refractivity contribution in [2.45, 2.75) is 41.7 Å². The summed E-state index contributed by atoms with van der Waals surface area (Å²) in [5.41, 5.74) is 1.11. The van der Waals surface area contributed by atoms with Gasteiger partial charge in [-0.1, -0.05) is 11.8 Å². The maximum absolute atomic E-state index is 13.1. The second kappa shape index (κ2) is 11.9. The molecule has 216 valence electrons. The van der Waals surface area contributed by atoms with Crippen molar-refractivity contribution in [2.24, 2.45) is 0 Å². The Bertz CT molecular complexity index is 1710. The molecule has 0 atom stereocenters. The first-order valence-corrected chi connectivity index (χ1v) is 15.6. The SMILES string of the molecule is CC(=O)N1CCC(c2csc(Nc3ncc(Sc4ccnc5ccsc45)cc3Oc3ccc(C(F)(F)F)cc3)n2)CC1. The zero-order chi connectivity index (χ0) is 29.3. The van der Waals surface area contributed by atoms with Crippen LogP contribution in [0, 0.1) is 0 Å². The number of hydrogen-bond acceptors (Lipinski definition) is 9. The fraction of sp³-hybridized carbons (Fsp3) is 0.241. The molecule has 6 rings (SSSR count). The van der Waals surface area contributed by atoms with Gasteiger partial charge < -0.3 is 15.0 Å². The lowest BCUT2D eigenvalue weighted by Crippen LogP contribution is -2.36. The van der Waals surface area contributed by atoms with Gasteiger partial charge in [0.05, 0.1) is 21.5 Å². The van der Waals surface area contributed by atoms with Crippen LogP contribution in [0.4, 0.5) is 24.1 Å². The van der Waals surface area contributed by atoms with Crippen LogP contribution in [0.5, 0.6) is 11.5 Å². The Balaban J connectivity index is 1.25. The normalized spacial score (nSPS) is 14.3. The number of benzene rings is 1. The fourth-order valence-electron chi connectivity index (χ4n) is 4.67. The number of piperidine rings is 1. The summed E-state index contributed by atoms with van der Waals surface area (Å²) < 4.78 is 46.4. The van der Waals surface area contributed by atoms with E-state index in [1.165, 1.54) is 35.2 Å². The van der Waals surface area contributed by atoms with Gasteiger partial charge in [-0.25, -0.2) is 9.97 Å². The van der Waals surface area contributed by atoms with Gasteiger partial charge in [-0.05, 0) is 54.6 Å². The number of rotatable bonds is 7. The number of fused-ring (bicyclic) bond motifs is 1. The summed E-state index contributed by atoms with van der Waals surface area (Å²) in [7, 11) is 0. The number of nitrogens with one attached hydrogen (secondary N) is 1. The third kappa shape index (κ3) is 6.37. The Morgan fingerprint density at radius 3 is 2.62 bits per heavy atom. The quantitative estimate of drug-likeness (QED) is 0.194. The van der Waals surface area contributed by atoms with Crippen molar-refractivity contribution >= 4 is 61.5 Å². The van der Waals surface area contributed by atoms with E-state index < -0.39 is 11.7 Å². The van der Waals surface area contributed by atoms with Gasteiger partial charge in [0.15, 0.2) is 16.7 Å². The van der Waals surface area contributed by atoms with Crippen molar-refractivity contribution in [3.8, 4) is 11.5 Å². The minimum atomic E-state index is -4.44. The van der Waals surface area contributed by atoms with E-state index in [9.17, 15) is 18.0 Å². The fourth-order valence-corrected chi connectivity index (χ4v) is 7.34. The maximum Gasteiger partial charge on any atom is 0.416 e. The molecule has 5 aromatic rings. The lowest BCUT2D eigenvalue weighted by Gasteiger charge is -2.30. The highest BCUT2D eigenvalue weighted by Gasteiger charge is 2.30. The first kappa shape index (κ1) is 28.4. The van der Waals surface area contributed by atoms with E-state index in [0.717, 1.165) is 50.7 Å².